The summed E-state index contributed by atoms with van der Waals surface area (Å²) >= 11 is 0. The van der Waals surface area contributed by atoms with E-state index < -0.39 is 32.5 Å². The molecule has 0 aliphatic carbocycles. The fourth-order valence-corrected chi connectivity index (χ4v) is 8.98. The van der Waals surface area contributed by atoms with E-state index in [1.807, 2.05) is 6.08 Å². The van der Waals surface area contributed by atoms with Gasteiger partial charge < -0.3 is 20.1 Å². The fraction of sp³-hybridized carbons (Fsp3) is 0.742. The number of esters is 2. The number of unbranched alkanes of at least 4 members (excludes halogenated alkanes) is 28. The predicted octanol–water partition coefficient (Wildman–Crippen LogP) is 18.7. The van der Waals surface area contributed by atoms with E-state index in [-0.39, 0.29) is 32.6 Å². The number of phosphoric acid groups is 1. The minimum Gasteiger partial charge on any atom is -0.462 e. The molecular weight excluding hydrogens is 918 g/mol. The lowest BCUT2D eigenvalue weighted by Crippen LogP contribution is -2.29. The Kier molecular flexibility index (Phi) is 55.2. The molecule has 72 heavy (non-hydrogen) atoms. The summed E-state index contributed by atoms with van der Waals surface area (Å²) < 4.78 is 33.0. The third-order valence-corrected chi connectivity index (χ3v) is 13.5. The molecule has 2 unspecified atom stereocenters. The molecule has 0 fully saturated rings. The highest BCUT2D eigenvalue weighted by molar-refractivity contribution is 7.47. The van der Waals surface area contributed by atoms with Crippen LogP contribution in [0.2, 0.25) is 0 Å². The SMILES string of the molecule is CC/C=C\C/C=C\C/C=C\C/C=C\C/C=C\C/C=C\C/C=C\CCCC(=O)OC(COC(=O)CCCCCCCCCCCCCCCCCCCCCCCCCCCCCC)COP(=O)(O)OCCN. The summed E-state index contributed by atoms with van der Waals surface area (Å²) in [6.45, 7) is 3.59. The van der Waals surface area contributed by atoms with Crippen molar-refractivity contribution in [1.29, 1.82) is 0 Å². The number of allylic oxidation sites excluding steroid dienone is 14. The largest absolute Gasteiger partial charge is 0.472 e. The van der Waals surface area contributed by atoms with Crippen LogP contribution in [0.15, 0.2) is 85.1 Å². The Morgan fingerprint density at radius 1 is 0.431 bits per heavy atom. The third-order valence-electron chi connectivity index (χ3n) is 12.5. The van der Waals surface area contributed by atoms with Crippen LogP contribution in [0.5, 0.6) is 0 Å². The van der Waals surface area contributed by atoms with Gasteiger partial charge in [-0.2, -0.15) is 0 Å². The molecule has 0 saturated carbocycles. The van der Waals surface area contributed by atoms with Gasteiger partial charge in [0.25, 0.3) is 0 Å². The van der Waals surface area contributed by atoms with E-state index in [4.69, 9.17) is 24.3 Å². The highest BCUT2D eigenvalue weighted by atomic mass is 31.2. The first-order valence-electron chi connectivity index (χ1n) is 29.6. The maximum absolute atomic E-state index is 12.7. The summed E-state index contributed by atoms with van der Waals surface area (Å²) in [6.07, 6.45) is 75.2. The molecular formula is C62H110NO8P. The monoisotopic (exact) mass is 1030 g/mol. The Hall–Kier alpha value is -2.81. The lowest BCUT2D eigenvalue weighted by atomic mass is 10.0. The van der Waals surface area contributed by atoms with Gasteiger partial charge in [0, 0.05) is 19.4 Å². The molecule has 10 heteroatoms. The minimum atomic E-state index is -4.41. The molecule has 0 rings (SSSR count). The third kappa shape index (κ3) is 56.5. The number of hydrogen-bond donors (Lipinski definition) is 2. The van der Waals surface area contributed by atoms with Crippen LogP contribution < -0.4 is 5.73 Å². The van der Waals surface area contributed by atoms with Gasteiger partial charge in [-0.25, -0.2) is 4.57 Å². The summed E-state index contributed by atoms with van der Waals surface area (Å²) in [5.74, 6) is -0.893. The number of hydrogen-bond acceptors (Lipinski definition) is 8. The Morgan fingerprint density at radius 2 is 0.764 bits per heavy atom. The van der Waals surface area contributed by atoms with Crippen LogP contribution in [0, 0.1) is 0 Å². The molecule has 0 aromatic carbocycles. The first-order chi connectivity index (χ1) is 35.3. The number of carbonyl (C=O) groups excluding carboxylic acids is 2. The minimum absolute atomic E-state index is 0.0411. The number of rotatable bonds is 55. The molecule has 0 aromatic heterocycles. The molecule has 0 aromatic rings. The smallest absolute Gasteiger partial charge is 0.462 e. The molecule has 0 radical (unpaired) electrons. The van der Waals surface area contributed by atoms with Gasteiger partial charge in [-0.05, 0) is 64.2 Å². The van der Waals surface area contributed by atoms with Crippen LogP contribution in [0.4, 0.5) is 0 Å². The highest BCUT2D eigenvalue weighted by Crippen LogP contribution is 2.43. The molecule has 0 heterocycles. The normalized spacial score (nSPS) is 13.7. The maximum atomic E-state index is 12.7. The Labute approximate surface area is 443 Å². The first kappa shape index (κ1) is 69.2. The summed E-state index contributed by atoms with van der Waals surface area (Å²) in [7, 11) is -4.41. The van der Waals surface area contributed by atoms with Crippen molar-refractivity contribution in [3.8, 4) is 0 Å². The predicted molar refractivity (Wildman–Crippen MR) is 307 cm³/mol. The second-order valence-corrected chi connectivity index (χ2v) is 20.9. The molecule has 0 spiro atoms. The van der Waals surface area contributed by atoms with Crippen molar-refractivity contribution in [2.45, 2.75) is 270 Å². The standard InChI is InChI=1S/C62H110NO8P/c1-3-5-7-9-11-13-15-17-19-21-23-25-27-28-29-30-31-33-34-36-38-40-42-44-46-48-50-52-54-61(64)68-58-60(59-70-72(66,67)69-57-56-63)71-62(65)55-53-51-49-47-45-43-41-39-37-35-32-26-24-22-20-18-16-14-12-10-8-6-4-2/h6,8,12,14,18,20,24,26,35,37,41,43,47,49,60H,3-5,7,9-11,13,15-17,19,21-23,25,27-34,36,38-40,42,44-46,48,50-59,63H2,1-2H3,(H,66,67)/b8-6-,14-12-,20-18-,26-24-,37-35-,43-41-,49-47-. The number of ether oxygens (including phenoxy) is 2. The van der Waals surface area contributed by atoms with Crippen molar-refractivity contribution in [3.05, 3.63) is 85.1 Å². The number of nitrogens with two attached hydrogens (primary N) is 1. The molecule has 416 valence electrons. The van der Waals surface area contributed by atoms with Gasteiger partial charge in [-0.3, -0.25) is 18.6 Å². The van der Waals surface area contributed by atoms with Crippen LogP contribution in [-0.4, -0.2) is 49.3 Å². The van der Waals surface area contributed by atoms with Gasteiger partial charge in [0.1, 0.15) is 6.61 Å². The average molecular weight is 1030 g/mol. The summed E-state index contributed by atoms with van der Waals surface area (Å²) in [5.41, 5.74) is 5.38. The molecule has 0 saturated heterocycles. The van der Waals surface area contributed by atoms with Crippen LogP contribution in [-0.2, 0) is 32.7 Å². The first-order valence-corrected chi connectivity index (χ1v) is 31.1. The molecule has 2 atom stereocenters. The molecule has 0 amide bonds. The van der Waals surface area contributed by atoms with Crippen LogP contribution in [0.1, 0.15) is 264 Å². The van der Waals surface area contributed by atoms with E-state index in [1.165, 1.54) is 161 Å². The van der Waals surface area contributed by atoms with Gasteiger partial charge in [0.15, 0.2) is 6.10 Å². The number of phosphoric ester groups is 1. The van der Waals surface area contributed by atoms with Crippen LogP contribution in [0.25, 0.3) is 0 Å². The fourth-order valence-electron chi connectivity index (χ4n) is 8.22. The van der Waals surface area contributed by atoms with E-state index in [1.54, 1.807) is 0 Å². The summed E-state index contributed by atoms with van der Waals surface area (Å²) in [5, 5.41) is 0. The zero-order valence-corrected chi connectivity index (χ0v) is 47.3. The molecule has 3 N–H and O–H groups in total. The lowest BCUT2D eigenvalue weighted by molar-refractivity contribution is -0.161. The lowest BCUT2D eigenvalue weighted by Gasteiger charge is -2.19. The van der Waals surface area contributed by atoms with Gasteiger partial charge in [-0.15, -0.1) is 0 Å². The summed E-state index contributed by atoms with van der Waals surface area (Å²) in [6, 6.07) is 0. The maximum Gasteiger partial charge on any atom is 0.472 e. The van der Waals surface area contributed by atoms with Crippen molar-refractivity contribution < 1.29 is 37.6 Å². The van der Waals surface area contributed by atoms with Crippen molar-refractivity contribution >= 4 is 19.8 Å². The van der Waals surface area contributed by atoms with Crippen molar-refractivity contribution in [2.75, 3.05) is 26.4 Å². The highest BCUT2D eigenvalue weighted by Gasteiger charge is 2.26. The second-order valence-electron chi connectivity index (χ2n) is 19.5. The quantitative estimate of drug-likeness (QED) is 0.0264. The van der Waals surface area contributed by atoms with Crippen molar-refractivity contribution in [2.24, 2.45) is 5.73 Å². The molecule has 9 nitrogen and oxygen atoms in total. The van der Waals surface area contributed by atoms with Gasteiger partial charge in [-0.1, -0.05) is 272 Å². The van der Waals surface area contributed by atoms with E-state index in [9.17, 15) is 19.0 Å². The van der Waals surface area contributed by atoms with E-state index in [2.05, 4.69) is 92.8 Å². The molecule has 0 aliphatic rings. The van der Waals surface area contributed by atoms with E-state index in [0.29, 0.717) is 12.8 Å². The van der Waals surface area contributed by atoms with Gasteiger partial charge in [0.05, 0.1) is 13.2 Å². The van der Waals surface area contributed by atoms with Crippen molar-refractivity contribution in [1.82, 2.24) is 0 Å². The molecule has 0 aliphatic heterocycles. The Balaban J connectivity index is 4.02. The number of carbonyl (C=O) groups is 2. The van der Waals surface area contributed by atoms with Gasteiger partial charge in [0.2, 0.25) is 0 Å². The molecule has 0 bridgehead atoms. The Morgan fingerprint density at radius 3 is 1.12 bits per heavy atom. The summed E-state index contributed by atoms with van der Waals surface area (Å²) in [4.78, 5) is 35.2. The van der Waals surface area contributed by atoms with Gasteiger partial charge >= 0.3 is 19.8 Å². The zero-order chi connectivity index (χ0) is 52.4. The van der Waals surface area contributed by atoms with E-state index >= 15 is 0 Å². The van der Waals surface area contributed by atoms with Crippen molar-refractivity contribution in [3.63, 3.8) is 0 Å². The zero-order valence-electron chi connectivity index (χ0n) is 46.4. The Bertz CT molecular complexity index is 1450. The van der Waals surface area contributed by atoms with Crippen LogP contribution >= 0.6 is 7.82 Å². The topological polar surface area (TPSA) is 134 Å². The second kappa shape index (κ2) is 57.5. The van der Waals surface area contributed by atoms with E-state index in [0.717, 1.165) is 64.2 Å². The van der Waals surface area contributed by atoms with Crippen LogP contribution in [0.3, 0.4) is 0 Å². The average Bonchev–Trinajstić information content (AvgIpc) is 3.37.